The van der Waals surface area contributed by atoms with Crippen molar-refractivity contribution in [3.8, 4) is 0 Å². The molecule has 7 heteroatoms. The third-order valence-corrected chi connectivity index (χ3v) is 2.04. The van der Waals surface area contributed by atoms with Crippen LogP contribution in [-0.4, -0.2) is 23.2 Å². The monoisotopic (exact) mass is 277 g/mol. The van der Waals surface area contributed by atoms with Gasteiger partial charge in [0.15, 0.2) is 0 Å². The molecule has 0 aliphatic rings. The third-order valence-electron chi connectivity index (χ3n) is 2.04. The molecule has 0 aliphatic heterocycles. The number of hydrogen-bond donors (Lipinski definition) is 2. The number of amides is 1. The fourth-order valence-corrected chi connectivity index (χ4v) is 1.17. The van der Waals surface area contributed by atoms with Crippen molar-refractivity contribution in [2.45, 2.75) is 25.6 Å². The van der Waals surface area contributed by atoms with Gasteiger partial charge >= 0.3 is 6.18 Å². The number of hydrogen-bond acceptors (Lipinski definition) is 3. The summed E-state index contributed by atoms with van der Waals surface area (Å²) >= 11 is 0. The zero-order valence-corrected chi connectivity index (χ0v) is 10.4. The van der Waals surface area contributed by atoms with Crippen LogP contribution in [0.5, 0.6) is 0 Å². The molecule has 0 bridgehead atoms. The van der Waals surface area contributed by atoms with Crippen molar-refractivity contribution < 1.29 is 27.9 Å². The molecule has 1 rings (SSSR count). The van der Waals surface area contributed by atoms with Gasteiger partial charge in [-0.2, -0.15) is 13.2 Å². The van der Waals surface area contributed by atoms with E-state index in [0.29, 0.717) is 0 Å². The number of halogens is 3. The third kappa shape index (κ3) is 5.27. The highest BCUT2D eigenvalue weighted by atomic mass is 19.4. The summed E-state index contributed by atoms with van der Waals surface area (Å²) in [4.78, 5) is 16.2. The summed E-state index contributed by atoms with van der Waals surface area (Å²) in [7, 11) is 0. The van der Waals surface area contributed by atoms with Crippen LogP contribution in [0, 0.1) is 0 Å². The molecular formula is C12H14F3NO3. The first kappa shape index (κ1) is 15.5. The van der Waals surface area contributed by atoms with Gasteiger partial charge in [-0.3, -0.25) is 9.63 Å². The maximum atomic E-state index is 12.4. The summed E-state index contributed by atoms with van der Waals surface area (Å²) in [5.41, 5.74) is -0.273. The van der Waals surface area contributed by atoms with Crippen molar-refractivity contribution in [1.82, 2.24) is 5.48 Å². The molecule has 0 atom stereocenters. The zero-order chi connectivity index (χ0) is 14.7. The van der Waals surface area contributed by atoms with Crippen LogP contribution in [-0.2, 0) is 11.0 Å². The molecule has 19 heavy (non-hydrogen) atoms. The molecule has 1 amide bonds. The zero-order valence-electron chi connectivity index (χ0n) is 10.4. The van der Waals surface area contributed by atoms with Crippen molar-refractivity contribution in [3.63, 3.8) is 0 Å². The van der Waals surface area contributed by atoms with E-state index in [0.717, 1.165) is 18.2 Å². The molecule has 2 N–H and O–H groups in total. The lowest BCUT2D eigenvalue weighted by Crippen LogP contribution is -2.33. The van der Waals surface area contributed by atoms with E-state index in [4.69, 9.17) is 4.84 Å². The highest BCUT2D eigenvalue weighted by Crippen LogP contribution is 2.29. The van der Waals surface area contributed by atoms with E-state index in [1.54, 1.807) is 0 Å². The fraction of sp³-hybridized carbons (Fsp3) is 0.417. The van der Waals surface area contributed by atoms with E-state index < -0.39 is 23.2 Å². The molecule has 4 nitrogen and oxygen atoms in total. The average molecular weight is 277 g/mol. The quantitative estimate of drug-likeness (QED) is 0.829. The highest BCUT2D eigenvalue weighted by Gasteiger charge is 2.30. The van der Waals surface area contributed by atoms with Gasteiger partial charge in [0.05, 0.1) is 11.2 Å². The summed E-state index contributed by atoms with van der Waals surface area (Å²) in [6, 6.07) is 3.96. The normalized spacial score (nSPS) is 12.3. The first-order valence-corrected chi connectivity index (χ1v) is 5.41. The second-order valence-electron chi connectivity index (χ2n) is 4.61. The SMILES string of the molecule is CC(C)(O)CONC(=O)c1cccc(C(F)(F)F)c1. The molecule has 0 aliphatic carbocycles. The van der Waals surface area contributed by atoms with Crippen LogP contribution in [0.1, 0.15) is 29.8 Å². The van der Waals surface area contributed by atoms with Crippen molar-refractivity contribution in [2.75, 3.05) is 6.61 Å². The van der Waals surface area contributed by atoms with Crippen LogP contribution in [0.4, 0.5) is 13.2 Å². The minimum absolute atomic E-state index is 0.175. The number of alkyl halides is 3. The standard InChI is InChI=1S/C12H14F3NO3/c1-11(2,18)7-19-16-10(17)8-4-3-5-9(6-8)12(13,14)15/h3-6,18H,7H2,1-2H3,(H,16,17). The van der Waals surface area contributed by atoms with Crippen molar-refractivity contribution >= 4 is 5.91 Å². The molecule has 0 unspecified atom stereocenters. The molecule has 1 aromatic rings. The van der Waals surface area contributed by atoms with E-state index >= 15 is 0 Å². The summed E-state index contributed by atoms with van der Waals surface area (Å²) in [5.74, 6) is -0.810. The maximum absolute atomic E-state index is 12.4. The Kier molecular flexibility index (Phi) is 4.54. The van der Waals surface area contributed by atoms with Gasteiger partial charge in [0.1, 0.15) is 6.61 Å². The summed E-state index contributed by atoms with van der Waals surface area (Å²) in [6.45, 7) is 2.74. The Balaban J connectivity index is 2.68. The maximum Gasteiger partial charge on any atom is 0.416 e. The highest BCUT2D eigenvalue weighted by molar-refractivity contribution is 5.93. The van der Waals surface area contributed by atoms with Crippen LogP contribution in [0.15, 0.2) is 24.3 Å². The Morgan fingerprint density at radius 1 is 1.37 bits per heavy atom. The Hall–Kier alpha value is -1.60. The van der Waals surface area contributed by atoms with Crippen molar-refractivity contribution in [3.05, 3.63) is 35.4 Å². The predicted molar refractivity (Wildman–Crippen MR) is 61.2 cm³/mol. The lowest BCUT2D eigenvalue weighted by atomic mass is 10.1. The second-order valence-corrected chi connectivity index (χ2v) is 4.61. The first-order valence-electron chi connectivity index (χ1n) is 5.41. The topological polar surface area (TPSA) is 58.6 Å². The number of benzene rings is 1. The van der Waals surface area contributed by atoms with Crippen LogP contribution < -0.4 is 5.48 Å². The predicted octanol–water partition coefficient (Wildman–Crippen LogP) is 2.14. The van der Waals surface area contributed by atoms with Crippen molar-refractivity contribution in [2.24, 2.45) is 0 Å². The van der Waals surface area contributed by atoms with Gasteiger partial charge in [-0.25, -0.2) is 5.48 Å². The first-order chi connectivity index (χ1) is 8.59. The van der Waals surface area contributed by atoms with Crippen LogP contribution >= 0.6 is 0 Å². The molecule has 106 valence electrons. The number of carbonyl (C=O) groups is 1. The second kappa shape index (κ2) is 5.58. The van der Waals surface area contributed by atoms with Gasteiger partial charge < -0.3 is 5.11 Å². The van der Waals surface area contributed by atoms with E-state index in [2.05, 4.69) is 0 Å². The van der Waals surface area contributed by atoms with Gasteiger partial charge in [0.25, 0.3) is 5.91 Å². The van der Waals surface area contributed by atoms with Crippen LogP contribution in [0.3, 0.4) is 0 Å². The lowest BCUT2D eigenvalue weighted by molar-refractivity contribution is -0.137. The number of aliphatic hydroxyl groups is 1. The lowest BCUT2D eigenvalue weighted by Gasteiger charge is -2.16. The van der Waals surface area contributed by atoms with E-state index in [-0.39, 0.29) is 12.2 Å². The smallest absolute Gasteiger partial charge is 0.388 e. The Morgan fingerprint density at radius 2 is 2.00 bits per heavy atom. The van der Waals surface area contributed by atoms with E-state index in [9.17, 15) is 23.1 Å². The molecule has 0 spiro atoms. The number of hydroxylamine groups is 1. The van der Waals surface area contributed by atoms with Gasteiger partial charge in [-0.1, -0.05) is 6.07 Å². The summed E-state index contributed by atoms with van der Waals surface area (Å²) < 4.78 is 37.3. The van der Waals surface area contributed by atoms with Gasteiger partial charge in [-0.15, -0.1) is 0 Å². The number of carbonyl (C=O) groups excluding carboxylic acids is 1. The molecule has 0 saturated carbocycles. The number of nitrogens with one attached hydrogen (secondary N) is 1. The van der Waals surface area contributed by atoms with Crippen LogP contribution in [0.2, 0.25) is 0 Å². The molecule has 0 radical (unpaired) electrons. The summed E-state index contributed by atoms with van der Waals surface area (Å²) in [5, 5.41) is 9.33. The molecule has 0 aromatic heterocycles. The Bertz CT molecular complexity index is 452. The van der Waals surface area contributed by atoms with E-state index in [1.807, 2.05) is 5.48 Å². The van der Waals surface area contributed by atoms with Crippen LogP contribution in [0.25, 0.3) is 0 Å². The molecule has 1 aromatic carbocycles. The average Bonchev–Trinajstić information content (AvgIpc) is 2.26. The minimum Gasteiger partial charge on any atom is -0.388 e. The van der Waals surface area contributed by atoms with Gasteiger partial charge in [0, 0.05) is 5.56 Å². The fourth-order valence-electron chi connectivity index (χ4n) is 1.17. The number of rotatable bonds is 4. The Labute approximate surface area is 108 Å². The van der Waals surface area contributed by atoms with Gasteiger partial charge in [-0.05, 0) is 32.0 Å². The molecule has 0 heterocycles. The molecule has 0 fully saturated rings. The van der Waals surface area contributed by atoms with E-state index in [1.165, 1.54) is 19.9 Å². The summed E-state index contributed by atoms with van der Waals surface area (Å²) in [6.07, 6.45) is -4.51. The molecular weight excluding hydrogens is 263 g/mol. The molecule has 0 saturated heterocycles. The largest absolute Gasteiger partial charge is 0.416 e. The van der Waals surface area contributed by atoms with Gasteiger partial charge in [0.2, 0.25) is 0 Å². The minimum atomic E-state index is -4.51. The van der Waals surface area contributed by atoms with Crippen molar-refractivity contribution in [1.29, 1.82) is 0 Å². The Morgan fingerprint density at radius 3 is 2.53 bits per heavy atom.